The Morgan fingerprint density at radius 2 is 1.23 bits per heavy atom. The molecule has 4 aliphatic rings. The molecule has 0 aliphatic heterocycles. The Labute approximate surface area is 265 Å². The van der Waals surface area contributed by atoms with Gasteiger partial charge >= 0.3 is 32.7 Å². The predicted molar refractivity (Wildman–Crippen MR) is 96.0 cm³/mol. The zero-order valence-corrected chi connectivity index (χ0v) is 28.3. The molecule has 137 valence electrons. The normalized spacial score (nSPS) is 36.2. The summed E-state index contributed by atoms with van der Waals surface area (Å²) in [7, 11) is 0. The Morgan fingerprint density at radius 3 is 1.69 bits per heavy atom. The second-order valence-corrected chi connectivity index (χ2v) is 8.53. The van der Waals surface area contributed by atoms with E-state index in [1.807, 2.05) is 0 Å². The summed E-state index contributed by atoms with van der Waals surface area (Å²) < 4.78 is 0. The van der Waals surface area contributed by atoms with Crippen LogP contribution in [0.2, 0.25) is 0 Å². The Morgan fingerprint density at radius 1 is 0.731 bits per heavy atom. The first kappa shape index (κ1) is 32.6. The standard InChI is InChI=1S/C11H18.C11H19.4Y/c1-2-8-4-6-10-7-5-9(3-1)11(8)10;1-3-4-5-8-11-9-6-7-10(11)2;;;;/h8-11H,1-7H2;8,10-11H,1-7,9H2;;;;/q;-3;;;;+3. The summed E-state index contributed by atoms with van der Waals surface area (Å²) in [4.78, 5) is 0. The van der Waals surface area contributed by atoms with Gasteiger partial charge in [0.15, 0.2) is 0 Å². The van der Waals surface area contributed by atoms with E-state index in [1.165, 1.54) is 55.8 Å². The maximum Gasteiger partial charge on any atom is 3.00 e. The van der Waals surface area contributed by atoms with Crippen LogP contribution in [0.4, 0.5) is 0 Å². The Kier molecular flexibility index (Phi) is 22.5. The molecule has 0 aromatic carbocycles. The molecule has 0 heterocycles. The molecule has 4 atom stereocenters. The van der Waals surface area contributed by atoms with Crippen molar-refractivity contribution in [2.24, 2.45) is 35.5 Å². The summed E-state index contributed by atoms with van der Waals surface area (Å²) in [5.74, 6) is 6.29. The van der Waals surface area contributed by atoms with Crippen molar-refractivity contribution in [2.75, 3.05) is 0 Å². The number of hydrogen-bond acceptors (Lipinski definition) is 0. The van der Waals surface area contributed by atoms with Crippen LogP contribution in [0.3, 0.4) is 0 Å². The van der Waals surface area contributed by atoms with E-state index in [4.69, 9.17) is 0 Å². The molecule has 4 rings (SSSR count). The maximum absolute atomic E-state index is 4.15. The molecule has 0 nitrogen and oxygen atoms in total. The van der Waals surface area contributed by atoms with Crippen LogP contribution >= 0.6 is 0 Å². The van der Waals surface area contributed by atoms with Gasteiger partial charge in [0.1, 0.15) is 0 Å². The first-order chi connectivity index (χ1) is 10.8. The first-order valence-electron chi connectivity index (χ1n) is 10.2. The Bertz CT molecular complexity index is 316. The third-order valence-electron chi connectivity index (χ3n) is 7.24. The molecule has 0 aromatic rings. The van der Waals surface area contributed by atoms with Crippen LogP contribution in [0.15, 0.2) is 0 Å². The summed E-state index contributed by atoms with van der Waals surface area (Å²) in [5, 5.41) is 0. The fourth-order valence-corrected chi connectivity index (χ4v) is 6.09. The van der Waals surface area contributed by atoms with E-state index in [9.17, 15) is 0 Å². The van der Waals surface area contributed by atoms with Gasteiger partial charge in [-0.05, 0) is 49.4 Å². The second kappa shape index (κ2) is 17.9. The van der Waals surface area contributed by atoms with Gasteiger partial charge in [-0.1, -0.05) is 38.5 Å². The van der Waals surface area contributed by atoms with E-state index in [0.29, 0.717) is 5.92 Å². The van der Waals surface area contributed by atoms with Crippen molar-refractivity contribution >= 4 is 0 Å². The van der Waals surface area contributed by atoms with Crippen molar-refractivity contribution < 1.29 is 131 Å². The van der Waals surface area contributed by atoms with Crippen molar-refractivity contribution in [1.82, 2.24) is 0 Å². The molecule has 0 amide bonds. The van der Waals surface area contributed by atoms with E-state index >= 15 is 0 Å². The van der Waals surface area contributed by atoms with Crippen molar-refractivity contribution in [1.29, 1.82) is 0 Å². The SMILES string of the molecule is C1CC2CCC3CCC(C1)C23.[CH2-]CCC[CH-]C1CCCC1[CH2-].[Y+3].[Y].[Y].[Y]. The van der Waals surface area contributed by atoms with Crippen LogP contribution in [0.25, 0.3) is 0 Å². The van der Waals surface area contributed by atoms with Gasteiger partial charge in [-0.3, -0.25) is 0 Å². The molecule has 0 saturated heterocycles. The predicted octanol–water partition coefficient (Wildman–Crippen LogP) is 6.66. The van der Waals surface area contributed by atoms with Crippen LogP contribution in [0, 0.1) is 55.8 Å². The smallest absolute Gasteiger partial charge is 0.343 e. The largest absolute Gasteiger partial charge is 3.00 e. The average molecular weight is 657 g/mol. The molecule has 4 saturated carbocycles. The van der Waals surface area contributed by atoms with Gasteiger partial charge in [0, 0.05) is 98.1 Å². The fraction of sp³-hybridized carbons (Fsp3) is 0.864. The van der Waals surface area contributed by atoms with Crippen molar-refractivity contribution in [3.8, 4) is 0 Å². The molecule has 0 spiro atoms. The maximum atomic E-state index is 4.15. The molecule has 4 fully saturated rings. The van der Waals surface area contributed by atoms with Gasteiger partial charge in [0.05, 0.1) is 0 Å². The van der Waals surface area contributed by atoms with Crippen LogP contribution in [-0.2, 0) is 131 Å². The molecule has 26 heavy (non-hydrogen) atoms. The van der Waals surface area contributed by atoms with Crippen molar-refractivity contribution in [3.05, 3.63) is 20.3 Å². The van der Waals surface area contributed by atoms with E-state index in [-0.39, 0.29) is 131 Å². The van der Waals surface area contributed by atoms with Crippen LogP contribution in [0.1, 0.15) is 83.5 Å². The minimum Gasteiger partial charge on any atom is -0.343 e. The zero-order valence-electron chi connectivity index (χ0n) is 17.0. The van der Waals surface area contributed by atoms with Crippen molar-refractivity contribution in [2.45, 2.75) is 83.5 Å². The first-order valence-corrected chi connectivity index (χ1v) is 10.2. The molecule has 4 aliphatic carbocycles. The van der Waals surface area contributed by atoms with E-state index in [1.54, 1.807) is 44.9 Å². The Balaban J connectivity index is 0. The molecule has 4 unspecified atom stereocenters. The van der Waals surface area contributed by atoms with Crippen LogP contribution in [-0.4, -0.2) is 0 Å². The molecule has 0 N–H and O–H groups in total. The third kappa shape index (κ3) is 9.50. The summed E-state index contributed by atoms with van der Waals surface area (Å²) in [6.45, 7) is 7.98. The molecule has 4 heteroatoms. The topological polar surface area (TPSA) is 0 Å². The Hall–Kier alpha value is 4.42. The fourth-order valence-electron chi connectivity index (χ4n) is 6.09. The van der Waals surface area contributed by atoms with Gasteiger partial charge in [0.25, 0.3) is 0 Å². The van der Waals surface area contributed by atoms with E-state index < -0.39 is 0 Å². The molecule has 3 radical (unpaired) electrons. The molecule has 0 bridgehead atoms. The number of rotatable bonds is 4. The van der Waals surface area contributed by atoms with Gasteiger partial charge in [-0.2, -0.15) is 24.7 Å². The third-order valence-corrected chi connectivity index (χ3v) is 7.24. The minimum absolute atomic E-state index is 0. The quantitative estimate of drug-likeness (QED) is 0.235. The summed E-state index contributed by atoms with van der Waals surface area (Å²) in [6, 6.07) is 0. The molecule has 0 aromatic heterocycles. The van der Waals surface area contributed by atoms with Crippen LogP contribution in [0.5, 0.6) is 0 Å². The molecular formula is C22H37Y4. The average Bonchev–Trinajstić information content (AvgIpc) is 3.24. The van der Waals surface area contributed by atoms with Gasteiger partial charge in [0.2, 0.25) is 0 Å². The number of unbranched alkanes of at least 4 members (excludes halogenated alkanes) is 2. The monoisotopic (exact) mass is 657 g/mol. The van der Waals surface area contributed by atoms with Gasteiger partial charge < -0.3 is 20.3 Å². The minimum atomic E-state index is 0. The van der Waals surface area contributed by atoms with Gasteiger partial charge in [-0.15, -0.1) is 6.42 Å². The second-order valence-electron chi connectivity index (χ2n) is 8.53. The van der Waals surface area contributed by atoms with Crippen LogP contribution < -0.4 is 0 Å². The van der Waals surface area contributed by atoms with Gasteiger partial charge in [-0.25, -0.2) is 0 Å². The van der Waals surface area contributed by atoms with E-state index in [0.717, 1.165) is 12.3 Å². The number of hydrogen-bond donors (Lipinski definition) is 0. The van der Waals surface area contributed by atoms with Crippen molar-refractivity contribution in [3.63, 3.8) is 0 Å². The van der Waals surface area contributed by atoms with E-state index in [2.05, 4.69) is 20.3 Å². The summed E-state index contributed by atoms with van der Waals surface area (Å²) >= 11 is 0. The summed E-state index contributed by atoms with van der Waals surface area (Å²) in [6.07, 6.45) is 21.2. The summed E-state index contributed by atoms with van der Waals surface area (Å²) in [5.41, 5.74) is 0. The molecular weight excluding hydrogens is 620 g/mol. The zero-order chi connectivity index (χ0) is 15.4.